The van der Waals surface area contributed by atoms with Crippen LogP contribution in [0, 0.1) is 35.1 Å². The molecule has 0 bridgehead atoms. The fourth-order valence-corrected chi connectivity index (χ4v) is 4.62. The largest absolute Gasteiger partial charge is 0.466 e. The predicted molar refractivity (Wildman–Crippen MR) is 152 cm³/mol. The second-order valence-corrected chi connectivity index (χ2v) is 10.2. The fraction of sp³-hybridized carbons (Fsp3) is 0.400. The zero-order chi connectivity index (χ0) is 34.1. The highest BCUT2D eigenvalue weighted by atomic mass is 19.1. The lowest BCUT2D eigenvalue weighted by molar-refractivity contribution is -0.160. The van der Waals surface area contributed by atoms with E-state index in [1.54, 1.807) is 13.8 Å². The molecule has 2 aromatic heterocycles. The van der Waals surface area contributed by atoms with E-state index in [1.807, 2.05) is 0 Å². The molecule has 0 aliphatic rings. The van der Waals surface area contributed by atoms with Gasteiger partial charge in [-0.25, -0.2) is 36.9 Å². The van der Waals surface area contributed by atoms with Gasteiger partial charge in [-0.3, -0.25) is 9.59 Å². The van der Waals surface area contributed by atoms with Gasteiger partial charge >= 0.3 is 11.9 Å². The van der Waals surface area contributed by atoms with Crippen molar-refractivity contribution < 1.29 is 46.8 Å². The van der Waals surface area contributed by atoms with E-state index in [0.29, 0.717) is 0 Å². The maximum absolute atomic E-state index is 14.2. The quantitative estimate of drug-likeness (QED) is 0.172. The smallest absolute Gasteiger partial charge is 0.312 e. The first-order chi connectivity index (χ1) is 21.8. The number of rotatable bonds is 12. The zero-order valence-electron chi connectivity index (χ0n) is 25.5. The molecule has 0 unspecified atom stereocenters. The minimum absolute atomic E-state index is 0.105. The van der Waals surface area contributed by atoms with Crippen LogP contribution in [-0.4, -0.2) is 64.9 Å². The molecule has 0 radical (unpaired) electrons. The van der Waals surface area contributed by atoms with Gasteiger partial charge in [0.15, 0.2) is 0 Å². The fourth-order valence-electron chi connectivity index (χ4n) is 4.62. The Balaban J connectivity index is 0.000000250. The van der Waals surface area contributed by atoms with Crippen molar-refractivity contribution in [2.24, 2.45) is 11.8 Å². The van der Waals surface area contributed by atoms with E-state index in [9.17, 15) is 37.4 Å². The van der Waals surface area contributed by atoms with E-state index >= 15 is 0 Å². The number of aromatic nitrogens is 6. The molecule has 0 spiro atoms. The third kappa shape index (κ3) is 8.31. The van der Waals surface area contributed by atoms with Crippen molar-refractivity contribution in [3.63, 3.8) is 0 Å². The van der Waals surface area contributed by atoms with Crippen LogP contribution in [0.5, 0.6) is 0 Å². The molecular formula is C30H34F4N6O6. The first-order valence-electron chi connectivity index (χ1n) is 14.1. The van der Waals surface area contributed by atoms with E-state index in [2.05, 4.69) is 20.2 Å². The van der Waals surface area contributed by atoms with Crippen molar-refractivity contribution in [1.29, 1.82) is 0 Å². The Kier molecular flexibility index (Phi) is 12.1. The van der Waals surface area contributed by atoms with Crippen LogP contribution in [0.25, 0.3) is 0 Å². The maximum Gasteiger partial charge on any atom is 0.312 e. The lowest BCUT2D eigenvalue weighted by atomic mass is 9.81. The van der Waals surface area contributed by atoms with Crippen molar-refractivity contribution in [2.45, 2.75) is 52.0 Å². The molecule has 0 amide bonds. The average Bonchev–Trinajstić information content (AvgIpc) is 3.73. The standard InChI is InChI=1S/2C15H17F2N3O3/c2*1-3-23-14(21)10(2)15(22,7-20-9-18-8-19-20)12-6-11(16)4-5-13(12)17/h2*4-6,8-10,22H,3,7H2,1-2H3/t2*10-,15+/m10/s1. The lowest BCUT2D eigenvalue weighted by Gasteiger charge is -2.33. The van der Waals surface area contributed by atoms with Crippen LogP contribution in [0.4, 0.5) is 17.6 Å². The number of aliphatic hydroxyl groups is 2. The first-order valence-corrected chi connectivity index (χ1v) is 14.1. The zero-order valence-corrected chi connectivity index (χ0v) is 25.5. The molecule has 2 N–H and O–H groups in total. The topological polar surface area (TPSA) is 154 Å². The molecule has 2 aromatic carbocycles. The molecule has 248 valence electrons. The van der Waals surface area contributed by atoms with Crippen LogP contribution in [0.2, 0.25) is 0 Å². The second-order valence-electron chi connectivity index (χ2n) is 10.2. The molecule has 0 fully saturated rings. The molecule has 46 heavy (non-hydrogen) atoms. The molecule has 16 heteroatoms. The Labute approximate surface area is 261 Å². The number of nitrogens with zero attached hydrogens (tertiary/aromatic N) is 6. The molecule has 12 nitrogen and oxygen atoms in total. The Morgan fingerprint density at radius 3 is 1.41 bits per heavy atom. The summed E-state index contributed by atoms with van der Waals surface area (Å²) in [7, 11) is 0. The number of benzene rings is 2. The summed E-state index contributed by atoms with van der Waals surface area (Å²) in [6.45, 7) is 5.65. The minimum Gasteiger partial charge on any atom is -0.466 e. The molecule has 4 atom stereocenters. The Bertz CT molecular complexity index is 1470. The van der Waals surface area contributed by atoms with Gasteiger partial charge in [0.1, 0.15) is 59.8 Å². The molecular weight excluding hydrogens is 616 g/mol. The SMILES string of the molecule is CCOC(=O)[C@@H](C)[C@@](O)(Cn1cncn1)c1cc(F)ccc1F.CCOC(=O)[C@H](C)[C@](O)(Cn1cncn1)c1cc(F)ccc1F. The van der Waals surface area contributed by atoms with E-state index < -0.39 is 58.2 Å². The number of halogens is 4. The number of hydrogen-bond acceptors (Lipinski definition) is 10. The van der Waals surface area contributed by atoms with E-state index in [0.717, 1.165) is 36.4 Å². The van der Waals surface area contributed by atoms with Gasteiger partial charge in [-0.15, -0.1) is 0 Å². The summed E-state index contributed by atoms with van der Waals surface area (Å²) in [6, 6.07) is 5.39. The summed E-state index contributed by atoms with van der Waals surface area (Å²) in [5.74, 6) is -6.86. The summed E-state index contributed by atoms with van der Waals surface area (Å²) in [5.41, 5.74) is -4.78. The number of carbonyl (C=O) groups excluding carboxylic acids is 2. The Hall–Kier alpha value is -4.70. The number of ether oxygens (including phenoxy) is 2. The van der Waals surface area contributed by atoms with Gasteiger partial charge < -0.3 is 19.7 Å². The van der Waals surface area contributed by atoms with Crippen LogP contribution in [-0.2, 0) is 43.4 Å². The van der Waals surface area contributed by atoms with Crippen LogP contribution in [0.15, 0.2) is 61.7 Å². The molecule has 4 rings (SSSR count). The number of esters is 2. The van der Waals surface area contributed by atoms with Gasteiger partial charge in [-0.2, -0.15) is 10.2 Å². The summed E-state index contributed by atoms with van der Waals surface area (Å²) in [4.78, 5) is 31.6. The molecule has 0 saturated carbocycles. The third-order valence-corrected chi connectivity index (χ3v) is 7.24. The van der Waals surface area contributed by atoms with Crippen LogP contribution < -0.4 is 0 Å². The van der Waals surface area contributed by atoms with Gasteiger partial charge in [0.25, 0.3) is 0 Å². The van der Waals surface area contributed by atoms with Gasteiger partial charge in [-0.05, 0) is 64.1 Å². The van der Waals surface area contributed by atoms with Gasteiger partial charge in [0, 0.05) is 11.1 Å². The van der Waals surface area contributed by atoms with Gasteiger partial charge in [0.2, 0.25) is 0 Å². The molecule has 0 saturated heterocycles. The third-order valence-electron chi connectivity index (χ3n) is 7.24. The summed E-state index contributed by atoms with van der Waals surface area (Å²) >= 11 is 0. The molecule has 0 aliphatic carbocycles. The van der Waals surface area contributed by atoms with Gasteiger partial charge in [-0.1, -0.05) is 0 Å². The number of hydrogen-bond donors (Lipinski definition) is 2. The number of carbonyl (C=O) groups is 2. The maximum atomic E-state index is 14.2. The van der Waals surface area contributed by atoms with E-state index in [-0.39, 0.29) is 37.4 Å². The molecule has 4 aromatic rings. The van der Waals surface area contributed by atoms with Crippen molar-refractivity contribution >= 4 is 11.9 Å². The van der Waals surface area contributed by atoms with Crippen molar-refractivity contribution in [2.75, 3.05) is 13.2 Å². The lowest BCUT2D eigenvalue weighted by Crippen LogP contribution is -2.43. The average molecular weight is 651 g/mol. The highest BCUT2D eigenvalue weighted by Crippen LogP contribution is 2.36. The summed E-state index contributed by atoms with van der Waals surface area (Å²) in [6.07, 6.45) is 5.08. The normalized spacial score (nSPS) is 15.0. The van der Waals surface area contributed by atoms with Crippen LogP contribution in [0.1, 0.15) is 38.8 Å². The molecule has 0 aliphatic heterocycles. The monoisotopic (exact) mass is 650 g/mol. The van der Waals surface area contributed by atoms with Crippen molar-refractivity contribution in [3.05, 3.63) is 96.1 Å². The van der Waals surface area contributed by atoms with E-state index in [4.69, 9.17) is 9.47 Å². The van der Waals surface area contributed by atoms with E-state index in [1.165, 1.54) is 48.5 Å². The van der Waals surface area contributed by atoms with Crippen LogP contribution in [0.3, 0.4) is 0 Å². The minimum atomic E-state index is -2.05. The molecule has 2 heterocycles. The highest BCUT2D eigenvalue weighted by molar-refractivity contribution is 5.74. The first kappa shape index (κ1) is 35.8. The van der Waals surface area contributed by atoms with Crippen LogP contribution >= 0.6 is 0 Å². The summed E-state index contributed by atoms with van der Waals surface area (Å²) < 4.78 is 67.7. The van der Waals surface area contributed by atoms with Gasteiger partial charge in [0.05, 0.1) is 38.1 Å². The Morgan fingerprint density at radius 2 is 1.11 bits per heavy atom. The Morgan fingerprint density at radius 1 is 0.739 bits per heavy atom. The van der Waals surface area contributed by atoms with Crippen molar-refractivity contribution in [1.82, 2.24) is 29.5 Å². The second kappa shape index (κ2) is 15.5. The predicted octanol–water partition coefficient (Wildman–Crippen LogP) is 3.29. The summed E-state index contributed by atoms with van der Waals surface area (Å²) in [5, 5.41) is 29.7. The highest BCUT2D eigenvalue weighted by Gasteiger charge is 2.45. The van der Waals surface area contributed by atoms with Crippen molar-refractivity contribution in [3.8, 4) is 0 Å².